The van der Waals surface area contributed by atoms with E-state index in [0.717, 1.165) is 30.4 Å². The average molecular weight is 272 g/mol. The van der Waals surface area contributed by atoms with E-state index in [-0.39, 0.29) is 0 Å². The molecule has 0 spiro atoms. The van der Waals surface area contributed by atoms with Gasteiger partial charge in [0.05, 0.1) is 6.54 Å². The van der Waals surface area contributed by atoms with E-state index in [1.165, 1.54) is 10.5 Å². The number of nitrogens with one attached hydrogen (secondary N) is 1. The van der Waals surface area contributed by atoms with Gasteiger partial charge < -0.3 is 5.43 Å². The van der Waals surface area contributed by atoms with Crippen LogP contribution in [0.4, 0.5) is 0 Å². The van der Waals surface area contributed by atoms with Crippen molar-refractivity contribution >= 4 is 17.8 Å². The second kappa shape index (κ2) is 5.48. The minimum absolute atomic E-state index is 0.821. The summed E-state index contributed by atoms with van der Waals surface area (Å²) in [5, 5.41) is 9.40. The van der Waals surface area contributed by atoms with Crippen molar-refractivity contribution in [2.75, 3.05) is 12.0 Å². The van der Waals surface area contributed by atoms with E-state index >= 15 is 0 Å². The Morgan fingerprint density at radius 3 is 2.95 bits per heavy atom. The first kappa shape index (κ1) is 12.3. The van der Waals surface area contributed by atoms with E-state index in [9.17, 15) is 0 Å². The Labute approximate surface area is 116 Å². The topological polar surface area (TPSA) is 42.7 Å². The van der Waals surface area contributed by atoms with Crippen LogP contribution in [0.2, 0.25) is 0 Å². The van der Waals surface area contributed by atoms with Crippen LogP contribution in [0.3, 0.4) is 0 Å². The molecular weight excluding hydrogens is 256 g/mol. The lowest BCUT2D eigenvalue weighted by Crippen LogP contribution is -2.24. The fraction of sp³-hybridized carbons (Fsp3) is 0.286. The normalized spacial score (nSPS) is 16.2. The Morgan fingerprint density at radius 1 is 1.32 bits per heavy atom. The lowest BCUT2D eigenvalue weighted by molar-refractivity contribution is 0.705. The van der Waals surface area contributed by atoms with Gasteiger partial charge in [-0.3, -0.25) is 0 Å². The van der Waals surface area contributed by atoms with Crippen LogP contribution in [0.15, 0.2) is 40.4 Å². The van der Waals surface area contributed by atoms with E-state index < -0.39 is 0 Å². The number of benzene rings is 1. The molecule has 0 radical (unpaired) electrons. The second-order valence-electron chi connectivity index (χ2n) is 4.44. The zero-order valence-electron chi connectivity index (χ0n) is 10.8. The van der Waals surface area contributed by atoms with Gasteiger partial charge in [0.2, 0.25) is 5.16 Å². The molecule has 2 heterocycles. The molecule has 1 aromatic carbocycles. The zero-order valence-corrected chi connectivity index (χ0v) is 11.7. The Kier molecular flexibility index (Phi) is 3.55. The summed E-state index contributed by atoms with van der Waals surface area (Å²) in [5.74, 6) is 1.02. The van der Waals surface area contributed by atoms with Crippen molar-refractivity contribution in [3.05, 3.63) is 46.6 Å². The third kappa shape index (κ3) is 2.66. The molecule has 4 nitrogen and oxygen atoms in total. The molecule has 0 bridgehead atoms. The molecule has 1 N–H and O–H groups in total. The molecule has 3 rings (SSSR count). The number of aryl methyl sites for hydroxylation is 1. The fourth-order valence-electron chi connectivity index (χ4n) is 2.04. The quantitative estimate of drug-likeness (QED) is 0.933. The number of hydrogen-bond donors (Lipinski definition) is 1. The van der Waals surface area contributed by atoms with Crippen molar-refractivity contribution in [2.45, 2.75) is 24.9 Å². The molecule has 2 aromatic rings. The van der Waals surface area contributed by atoms with Crippen molar-refractivity contribution in [1.82, 2.24) is 14.9 Å². The van der Waals surface area contributed by atoms with Crippen LogP contribution in [0.1, 0.15) is 24.7 Å². The summed E-state index contributed by atoms with van der Waals surface area (Å²) in [4.78, 5) is 1.26. The van der Waals surface area contributed by atoms with Gasteiger partial charge in [-0.1, -0.05) is 49.0 Å². The standard InChI is InChI=1S/C14H16N4S/c1-2-6-13-16-17-14-18(13)15-10-12(19-14)9-11-7-4-3-5-8-11/h3-5,7-9,15H,2,6,10H2,1H3/b12-9-. The van der Waals surface area contributed by atoms with Crippen LogP contribution in [0, 0.1) is 0 Å². The second-order valence-corrected chi connectivity index (χ2v) is 5.54. The zero-order chi connectivity index (χ0) is 13.1. The van der Waals surface area contributed by atoms with Gasteiger partial charge >= 0.3 is 0 Å². The largest absolute Gasteiger partial charge is 0.317 e. The van der Waals surface area contributed by atoms with Crippen LogP contribution >= 0.6 is 11.8 Å². The number of hydrogen-bond acceptors (Lipinski definition) is 4. The number of fused-ring (bicyclic) bond motifs is 1. The first-order chi connectivity index (χ1) is 9.36. The summed E-state index contributed by atoms with van der Waals surface area (Å²) in [5.41, 5.74) is 4.59. The predicted octanol–water partition coefficient (Wildman–Crippen LogP) is 2.92. The summed E-state index contributed by atoms with van der Waals surface area (Å²) >= 11 is 1.69. The Hall–Kier alpha value is -1.75. The summed E-state index contributed by atoms with van der Waals surface area (Å²) < 4.78 is 2.01. The van der Waals surface area contributed by atoms with E-state index in [1.807, 2.05) is 10.7 Å². The molecule has 0 fully saturated rings. The van der Waals surface area contributed by atoms with Crippen LogP contribution in [0.25, 0.3) is 6.08 Å². The van der Waals surface area contributed by atoms with E-state index in [1.54, 1.807) is 11.8 Å². The van der Waals surface area contributed by atoms with Crippen molar-refractivity contribution < 1.29 is 0 Å². The van der Waals surface area contributed by atoms with Gasteiger partial charge in [-0.05, 0) is 18.1 Å². The van der Waals surface area contributed by atoms with Gasteiger partial charge in [-0.25, -0.2) is 4.68 Å². The molecule has 19 heavy (non-hydrogen) atoms. The van der Waals surface area contributed by atoms with Crippen molar-refractivity contribution in [3.8, 4) is 0 Å². The van der Waals surface area contributed by atoms with Gasteiger partial charge in [-0.2, -0.15) is 0 Å². The predicted molar refractivity (Wildman–Crippen MR) is 78.5 cm³/mol. The molecule has 0 aliphatic carbocycles. The van der Waals surface area contributed by atoms with Crippen LogP contribution < -0.4 is 5.43 Å². The molecule has 0 atom stereocenters. The Bertz CT molecular complexity index is 589. The van der Waals surface area contributed by atoms with Crippen molar-refractivity contribution in [3.63, 3.8) is 0 Å². The Balaban J connectivity index is 1.81. The smallest absolute Gasteiger partial charge is 0.214 e. The lowest BCUT2D eigenvalue weighted by atomic mass is 10.2. The van der Waals surface area contributed by atoms with Crippen LogP contribution in [-0.4, -0.2) is 21.4 Å². The number of thioether (sulfide) groups is 1. The van der Waals surface area contributed by atoms with E-state index in [0.29, 0.717) is 0 Å². The highest BCUT2D eigenvalue weighted by Crippen LogP contribution is 2.30. The van der Waals surface area contributed by atoms with Gasteiger partial charge in [0.25, 0.3) is 0 Å². The third-order valence-electron chi connectivity index (χ3n) is 2.93. The molecule has 98 valence electrons. The molecule has 0 amide bonds. The monoisotopic (exact) mass is 272 g/mol. The average Bonchev–Trinajstić information content (AvgIpc) is 2.83. The van der Waals surface area contributed by atoms with Gasteiger partial charge in [-0.15, -0.1) is 10.2 Å². The molecule has 5 heteroatoms. The van der Waals surface area contributed by atoms with Gasteiger partial charge in [0, 0.05) is 11.3 Å². The van der Waals surface area contributed by atoms with Crippen molar-refractivity contribution in [2.24, 2.45) is 0 Å². The maximum Gasteiger partial charge on any atom is 0.214 e. The molecule has 0 unspecified atom stereocenters. The highest BCUT2D eigenvalue weighted by molar-refractivity contribution is 8.03. The summed E-state index contributed by atoms with van der Waals surface area (Å²) in [6.07, 6.45) is 4.23. The minimum Gasteiger partial charge on any atom is -0.317 e. The first-order valence-corrected chi connectivity index (χ1v) is 7.30. The van der Waals surface area contributed by atoms with Gasteiger partial charge in [0.15, 0.2) is 5.82 Å². The van der Waals surface area contributed by atoms with Crippen molar-refractivity contribution in [1.29, 1.82) is 0 Å². The summed E-state index contributed by atoms with van der Waals surface area (Å²) in [6.45, 7) is 2.97. The number of rotatable bonds is 3. The lowest BCUT2D eigenvalue weighted by Gasteiger charge is -2.19. The maximum atomic E-state index is 4.24. The minimum atomic E-state index is 0.821. The number of aromatic nitrogens is 3. The SMILES string of the molecule is CCCc1nnc2n1NC/C(=C/c1ccccc1)S2. The van der Waals surface area contributed by atoms with Gasteiger partial charge in [0.1, 0.15) is 0 Å². The molecule has 1 aliphatic heterocycles. The Morgan fingerprint density at radius 2 is 2.16 bits per heavy atom. The van der Waals surface area contributed by atoms with E-state index in [4.69, 9.17) is 0 Å². The molecule has 1 aromatic heterocycles. The highest BCUT2D eigenvalue weighted by Gasteiger charge is 2.18. The molecular formula is C14H16N4S. The summed E-state index contributed by atoms with van der Waals surface area (Å²) in [6, 6.07) is 10.3. The summed E-state index contributed by atoms with van der Waals surface area (Å²) in [7, 11) is 0. The fourth-order valence-corrected chi connectivity index (χ4v) is 2.95. The third-order valence-corrected chi connectivity index (χ3v) is 3.91. The molecule has 0 saturated carbocycles. The maximum absolute atomic E-state index is 4.24. The first-order valence-electron chi connectivity index (χ1n) is 6.48. The van der Waals surface area contributed by atoms with Crippen LogP contribution in [-0.2, 0) is 6.42 Å². The highest BCUT2D eigenvalue weighted by atomic mass is 32.2. The van der Waals surface area contributed by atoms with E-state index in [2.05, 4.69) is 52.9 Å². The van der Waals surface area contributed by atoms with Crippen LogP contribution in [0.5, 0.6) is 0 Å². The molecule has 0 saturated heterocycles. The molecule has 1 aliphatic rings. The number of nitrogens with zero attached hydrogens (tertiary/aromatic N) is 3.